The van der Waals surface area contributed by atoms with Gasteiger partial charge < -0.3 is 15.4 Å². The summed E-state index contributed by atoms with van der Waals surface area (Å²) in [4.78, 5) is 15.9. The first-order valence-corrected chi connectivity index (χ1v) is 8.49. The van der Waals surface area contributed by atoms with Crippen molar-refractivity contribution in [3.8, 4) is 0 Å². The summed E-state index contributed by atoms with van der Waals surface area (Å²) in [5, 5.41) is 6.66. The molecule has 1 fully saturated rings. The number of carbonyl (C=O) groups is 1. The van der Waals surface area contributed by atoms with Crippen molar-refractivity contribution in [2.24, 2.45) is 0 Å². The van der Waals surface area contributed by atoms with Crippen LogP contribution in [0.4, 0.5) is 4.79 Å². The normalized spacial score (nSPS) is 23.1. The molecule has 1 aliphatic carbocycles. The SMILES string of the molecule is C[C@H](NC1CCC(NC(=O)OC(C)(C)C)CC1)c1ccncc1. The van der Waals surface area contributed by atoms with Crippen LogP contribution in [0.3, 0.4) is 0 Å². The van der Waals surface area contributed by atoms with E-state index in [-0.39, 0.29) is 12.1 Å². The Morgan fingerprint density at radius 2 is 1.74 bits per heavy atom. The molecule has 0 aliphatic heterocycles. The molecular weight excluding hydrogens is 290 g/mol. The van der Waals surface area contributed by atoms with E-state index in [1.165, 1.54) is 5.56 Å². The Morgan fingerprint density at radius 3 is 2.30 bits per heavy atom. The Bertz CT molecular complexity index is 491. The van der Waals surface area contributed by atoms with Gasteiger partial charge in [0.15, 0.2) is 0 Å². The molecule has 5 nitrogen and oxygen atoms in total. The molecule has 2 N–H and O–H groups in total. The third-order valence-corrected chi connectivity index (χ3v) is 4.14. The summed E-state index contributed by atoms with van der Waals surface area (Å²) in [5.41, 5.74) is 0.817. The van der Waals surface area contributed by atoms with Crippen LogP contribution in [0.15, 0.2) is 24.5 Å². The first-order valence-electron chi connectivity index (χ1n) is 8.49. The maximum Gasteiger partial charge on any atom is 0.407 e. The highest BCUT2D eigenvalue weighted by molar-refractivity contribution is 5.68. The molecule has 0 spiro atoms. The lowest BCUT2D eigenvalue weighted by atomic mass is 9.90. The van der Waals surface area contributed by atoms with Gasteiger partial charge in [-0.15, -0.1) is 0 Å². The second-order valence-corrected chi connectivity index (χ2v) is 7.36. The Balaban J connectivity index is 1.73. The van der Waals surface area contributed by atoms with Gasteiger partial charge in [0.25, 0.3) is 0 Å². The number of nitrogens with zero attached hydrogens (tertiary/aromatic N) is 1. The van der Waals surface area contributed by atoms with Crippen molar-refractivity contribution >= 4 is 6.09 Å². The van der Waals surface area contributed by atoms with Gasteiger partial charge in [0.1, 0.15) is 5.60 Å². The van der Waals surface area contributed by atoms with Crippen molar-refractivity contribution in [2.45, 2.75) is 77.1 Å². The van der Waals surface area contributed by atoms with Crippen LogP contribution < -0.4 is 10.6 Å². The fourth-order valence-electron chi connectivity index (χ4n) is 2.98. The maximum atomic E-state index is 11.8. The van der Waals surface area contributed by atoms with Crippen molar-refractivity contribution in [2.75, 3.05) is 0 Å². The van der Waals surface area contributed by atoms with Gasteiger partial charge in [-0.2, -0.15) is 0 Å². The second-order valence-electron chi connectivity index (χ2n) is 7.36. The predicted molar refractivity (Wildman–Crippen MR) is 91.2 cm³/mol. The van der Waals surface area contributed by atoms with Gasteiger partial charge in [-0.25, -0.2) is 4.79 Å². The number of carbonyl (C=O) groups excluding carboxylic acids is 1. The number of rotatable bonds is 4. The van der Waals surface area contributed by atoms with Crippen LogP contribution in [0.1, 0.15) is 65.0 Å². The zero-order valence-corrected chi connectivity index (χ0v) is 14.6. The molecule has 1 atom stereocenters. The standard InChI is InChI=1S/C18H29N3O2/c1-13(14-9-11-19-12-10-14)20-15-5-7-16(8-6-15)21-17(22)23-18(2,3)4/h9-13,15-16,20H,5-8H2,1-4H3,(H,21,22)/t13-,15?,16?/m0/s1. The highest BCUT2D eigenvalue weighted by Crippen LogP contribution is 2.22. The summed E-state index contributed by atoms with van der Waals surface area (Å²) >= 11 is 0. The molecule has 1 saturated carbocycles. The zero-order valence-electron chi connectivity index (χ0n) is 14.6. The van der Waals surface area contributed by atoms with Crippen LogP contribution in [0, 0.1) is 0 Å². The molecule has 0 saturated heterocycles. The molecule has 23 heavy (non-hydrogen) atoms. The molecule has 0 radical (unpaired) electrons. The third-order valence-electron chi connectivity index (χ3n) is 4.14. The van der Waals surface area contributed by atoms with Crippen LogP contribution in [-0.4, -0.2) is 28.8 Å². The van der Waals surface area contributed by atoms with Crippen LogP contribution in [-0.2, 0) is 4.74 Å². The number of hydrogen-bond donors (Lipinski definition) is 2. The molecule has 1 amide bonds. The Hall–Kier alpha value is -1.62. The van der Waals surface area contributed by atoms with Crippen molar-refractivity contribution in [3.05, 3.63) is 30.1 Å². The summed E-state index contributed by atoms with van der Waals surface area (Å²) in [6.45, 7) is 7.83. The van der Waals surface area contributed by atoms with Gasteiger partial charge >= 0.3 is 6.09 Å². The van der Waals surface area contributed by atoms with E-state index in [1.54, 1.807) is 0 Å². The molecule has 1 aromatic heterocycles. The van der Waals surface area contributed by atoms with Crippen molar-refractivity contribution < 1.29 is 9.53 Å². The maximum absolute atomic E-state index is 11.8. The highest BCUT2D eigenvalue weighted by Gasteiger charge is 2.25. The first kappa shape index (κ1) is 17.7. The molecule has 2 rings (SSSR count). The van der Waals surface area contributed by atoms with E-state index >= 15 is 0 Å². The van der Waals surface area contributed by atoms with Crippen molar-refractivity contribution in [1.29, 1.82) is 0 Å². The van der Waals surface area contributed by atoms with Crippen molar-refractivity contribution in [1.82, 2.24) is 15.6 Å². The predicted octanol–water partition coefficient (Wildman–Crippen LogP) is 3.57. The van der Waals surface area contributed by atoms with Crippen molar-refractivity contribution in [3.63, 3.8) is 0 Å². The zero-order chi connectivity index (χ0) is 16.9. The number of hydrogen-bond acceptors (Lipinski definition) is 4. The largest absolute Gasteiger partial charge is 0.444 e. The van der Waals surface area contributed by atoms with Gasteiger partial charge in [0.05, 0.1) is 0 Å². The molecule has 0 unspecified atom stereocenters. The number of alkyl carbamates (subject to hydrolysis) is 1. The van der Waals surface area contributed by atoms with E-state index in [1.807, 2.05) is 45.3 Å². The molecule has 1 aromatic rings. The quantitative estimate of drug-likeness (QED) is 0.890. The number of pyridine rings is 1. The summed E-state index contributed by atoms with van der Waals surface area (Å²) in [6.07, 6.45) is 7.45. The first-order chi connectivity index (χ1) is 10.8. The summed E-state index contributed by atoms with van der Waals surface area (Å²) in [5.74, 6) is 0. The minimum Gasteiger partial charge on any atom is -0.444 e. The molecule has 5 heteroatoms. The van der Waals surface area contributed by atoms with E-state index in [0.29, 0.717) is 12.1 Å². The highest BCUT2D eigenvalue weighted by atomic mass is 16.6. The van der Waals surface area contributed by atoms with Crippen LogP contribution >= 0.6 is 0 Å². The van der Waals surface area contributed by atoms with E-state index in [9.17, 15) is 4.79 Å². The van der Waals surface area contributed by atoms with Gasteiger partial charge in [-0.3, -0.25) is 4.98 Å². The number of amides is 1. The van der Waals surface area contributed by atoms with Gasteiger partial charge in [0, 0.05) is 30.5 Å². The molecule has 0 aromatic carbocycles. The van der Waals surface area contributed by atoms with Crippen LogP contribution in [0.2, 0.25) is 0 Å². The number of nitrogens with one attached hydrogen (secondary N) is 2. The topological polar surface area (TPSA) is 63.2 Å². The number of ether oxygens (including phenoxy) is 1. The third kappa shape index (κ3) is 6.18. The molecular formula is C18H29N3O2. The lowest BCUT2D eigenvalue weighted by Crippen LogP contribution is -2.44. The van der Waals surface area contributed by atoms with E-state index in [2.05, 4.69) is 22.5 Å². The summed E-state index contributed by atoms with van der Waals surface area (Å²) in [7, 11) is 0. The Morgan fingerprint density at radius 1 is 1.17 bits per heavy atom. The molecule has 128 valence electrons. The van der Waals surface area contributed by atoms with E-state index < -0.39 is 5.60 Å². The fraction of sp³-hybridized carbons (Fsp3) is 0.667. The average Bonchev–Trinajstić information content (AvgIpc) is 2.48. The lowest BCUT2D eigenvalue weighted by molar-refractivity contribution is 0.0489. The monoisotopic (exact) mass is 319 g/mol. The van der Waals surface area contributed by atoms with Crippen LogP contribution in [0.5, 0.6) is 0 Å². The van der Waals surface area contributed by atoms with Gasteiger partial charge in [0.2, 0.25) is 0 Å². The molecule has 1 aliphatic rings. The number of aromatic nitrogens is 1. The minimum absolute atomic E-state index is 0.221. The van der Waals surface area contributed by atoms with Crippen LogP contribution in [0.25, 0.3) is 0 Å². The summed E-state index contributed by atoms with van der Waals surface area (Å²) in [6, 6.07) is 5.13. The van der Waals surface area contributed by atoms with Gasteiger partial charge in [-0.05, 0) is 71.1 Å². The average molecular weight is 319 g/mol. The lowest BCUT2D eigenvalue weighted by Gasteiger charge is -2.32. The fourth-order valence-corrected chi connectivity index (χ4v) is 2.98. The second kappa shape index (κ2) is 7.77. The van der Waals surface area contributed by atoms with E-state index in [4.69, 9.17) is 4.74 Å². The van der Waals surface area contributed by atoms with Gasteiger partial charge in [-0.1, -0.05) is 0 Å². The Labute approximate surface area is 139 Å². The smallest absolute Gasteiger partial charge is 0.407 e. The Kier molecular flexibility index (Phi) is 5.99. The minimum atomic E-state index is -0.442. The van der Waals surface area contributed by atoms with E-state index in [0.717, 1.165) is 25.7 Å². The molecule has 0 bridgehead atoms. The molecule has 1 heterocycles. The summed E-state index contributed by atoms with van der Waals surface area (Å²) < 4.78 is 5.32.